The maximum absolute atomic E-state index is 13.0. The number of fused-ring (bicyclic) bond motifs is 1. The first-order valence-corrected chi connectivity index (χ1v) is 12.4. The number of benzene rings is 3. The van der Waals surface area contributed by atoms with Crippen LogP contribution in [0.15, 0.2) is 83.8 Å². The summed E-state index contributed by atoms with van der Waals surface area (Å²) in [6.45, 7) is 3.87. The summed E-state index contributed by atoms with van der Waals surface area (Å²) < 4.78 is 28.8. The summed E-state index contributed by atoms with van der Waals surface area (Å²) in [4.78, 5) is 15.0. The van der Waals surface area contributed by atoms with Crippen molar-refractivity contribution < 1.29 is 13.2 Å². The third kappa shape index (κ3) is 4.76. The van der Waals surface area contributed by atoms with E-state index in [0.717, 1.165) is 17.7 Å². The predicted molar refractivity (Wildman–Crippen MR) is 127 cm³/mol. The number of aryl methyl sites for hydroxylation is 1. The molecule has 5 nitrogen and oxygen atoms in total. The number of carbonyl (C=O) groups excluding carboxylic acids is 1. The minimum Gasteiger partial charge on any atom is -0.305 e. The van der Waals surface area contributed by atoms with Crippen LogP contribution in [0.2, 0.25) is 0 Å². The van der Waals surface area contributed by atoms with E-state index < -0.39 is 10.0 Å². The number of carbonyl (C=O) groups is 1. The van der Waals surface area contributed by atoms with Gasteiger partial charge in [0.1, 0.15) is 0 Å². The summed E-state index contributed by atoms with van der Waals surface area (Å²) in [5.74, 6) is -0.0693. The van der Waals surface area contributed by atoms with Crippen LogP contribution in [0.4, 0.5) is 5.69 Å². The van der Waals surface area contributed by atoms with Crippen molar-refractivity contribution in [2.75, 3.05) is 4.90 Å². The maximum atomic E-state index is 13.0. The van der Waals surface area contributed by atoms with Crippen molar-refractivity contribution >= 4 is 21.6 Å². The Bertz CT molecular complexity index is 1190. The fourth-order valence-electron chi connectivity index (χ4n) is 4.22. The molecule has 6 heteroatoms. The summed E-state index contributed by atoms with van der Waals surface area (Å²) in [5, 5.41) is 0. The molecule has 1 aliphatic rings. The minimum atomic E-state index is -3.65. The van der Waals surface area contributed by atoms with Crippen LogP contribution < -0.4 is 9.62 Å². The molecule has 166 valence electrons. The zero-order valence-corrected chi connectivity index (χ0v) is 19.2. The normalized spacial score (nSPS) is 16.6. The quantitative estimate of drug-likeness (QED) is 0.575. The summed E-state index contributed by atoms with van der Waals surface area (Å²) >= 11 is 0. The number of sulfonamides is 1. The van der Waals surface area contributed by atoms with Crippen molar-refractivity contribution in [1.29, 1.82) is 0 Å². The number of nitrogens with one attached hydrogen (secondary N) is 1. The van der Waals surface area contributed by atoms with Gasteiger partial charge in [0.05, 0.1) is 4.90 Å². The molecule has 0 aliphatic carbocycles. The van der Waals surface area contributed by atoms with Gasteiger partial charge >= 0.3 is 0 Å². The summed E-state index contributed by atoms with van der Waals surface area (Å²) in [5.41, 5.74) is 3.47. The lowest BCUT2D eigenvalue weighted by atomic mass is 10.1. The molecule has 0 spiro atoms. The average molecular weight is 449 g/mol. The van der Waals surface area contributed by atoms with Crippen molar-refractivity contribution in [3.63, 3.8) is 0 Å². The van der Waals surface area contributed by atoms with E-state index in [0.29, 0.717) is 18.4 Å². The summed E-state index contributed by atoms with van der Waals surface area (Å²) in [6, 6.07) is 24.0. The number of hydrogen-bond donors (Lipinski definition) is 1. The molecule has 1 amide bonds. The van der Waals surface area contributed by atoms with Gasteiger partial charge in [-0.2, -0.15) is 0 Å². The fourth-order valence-corrected chi connectivity index (χ4v) is 5.55. The number of nitrogens with zero attached hydrogens (tertiary/aromatic N) is 1. The molecule has 1 aliphatic heterocycles. The van der Waals surface area contributed by atoms with Crippen molar-refractivity contribution in [3.8, 4) is 0 Å². The van der Waals surface area contributed by atoms with Crippen LogP contribution >= 0.6 is 0 Å². The Hall–Kier alpha value is -2.96. The molecule has 0 unspecified atom stereocenters. The van der Waals surface area contributed by atoms with Crippen molar-refractivity contribution in [2.45, 2.75) is 50.1 Å². The summed E-state index contributed by atoms with van der Waals surface area (Å²) in [6.07, 6.45) is 2.15. The van der Waals surface area contributed by atoms with E-state index in [2.05, 4.69) is 4.72 Å². The molecule has 2 atom stereocenters. The second-order valence-corrected chi connectivity index (χ2v) is 10.1. The van der Waals surface area contributed by atoms with Gasteiger partial charge in [-0.25, -0.2) is 13.1 Å². The van der Waals surface area contributed by atoms with E-state index >= 15 is 0 Å². The third-order valence-electron chi connectivity index (χ3n) is 5.88. The Morgan fingerprint density at radius 1 is 1.03 bits per heavy atom. The molecule has 4 rings (SSSR count). The van der Waals surface area contributed by atoms with Crippen LogP contribution in [0.1, 0.15) is 41.8 Å². The molecule has 3 aromatic rings. The second kappa shape index (κ2) is 9.27. The molecule has 3 aromatic carbocycles. The SMILES string of the molecule is C[C@H](CCc1ccccc1)NS(=O)(=O)c1ccc2c(c1)C[C@H](C)N2C(=O)c1ccccc1. The Balaban J connectivity index is 1.48. The van der Waals surface area contributed by atoms with Gasteiger partial charge in [0.2, 0.25) is 10.0 Å². The highest BCUT2D eigenvalue weighted by atomic mass is 32.2. The molecular formula is C26H28N2O3S. The van der Waals surface area contributed by atoms with Crippen molar-refractivity contribution in [1.82, 2.24) is 4.72 Å². The highest BCUT2D eigenvalue weighted by Gasteiger charge is 2.32. The maximum Gasteiger partial charge on any atom is 0.258 e. The number of hydrogen-bond acceptors (Lipinski definition) is 3. The third-order valence-corrected chi connectivity index (χ3v) is 7.47. The molecule has 0 saturated carbocycles. The van der Waals surface area contributed by atoms with Gasteiger partial charge in [-0.3, -0.25) is 4.79 Å². The highest BCUT2D eigenvalue weighted by molar-refractivity contribution is 7.89. The van der Waals surface area contributed by atoms with E-state index in [1.54, 1.807) is 35.2 Å². The number of anilines is 1. The Labute approximate surface area is 190 Å². The first-order chi connectivity index (χ1) is 15.3. The standard InChI is InChI=1S/C26H28N2O3S/c1-19(13-14-21-9-5-3-6-10-21)27-32(30,31)24-15-16-25-23(18-24)17-20(2)28(25)26(29)22-11-7-4-8-12-22/h3-12,15-16,18-20,27H,13-14,17H2,1-2H3/t19-,20+/m1/s1. The zero-order valence-electron chi connectivity index (χ0n) is 18.4. The van der Waals surface area contributed by atoms with Crippen LogP contribution in [0, 0.1) is 0 Å². The molecule has 0 bridgehead atoms. The van der Waals surface area contributed by atoms with E-state index in [4.69, 9.17) is 0 Å². The van der Waals surface area contributed by atoms with Gasteiger partial charge < -0.3 is 4.90 Å². The van der Waals surface area contributed by atoms with Crippen LogP contribution in [-0.4, -0.2) is 26.4 Å². The van der Waals surface area contributed by atoms with Gasteiger partial charge in [0.25, 0.3) is 5.91 Å². The van der Waals surface area contributed by atoms with Crippen LogP contribution in [-0.2, 0) is 22.9 Å². The Morgan fingerprint density at radius 3 is 2.38 bits per heavy atom. The first-order valence-electron chi connectivity index (χ1n) is 10.9. The predicted octanol–water partition coefficient (Wildman–Crippen LogP) is 4.58. The lowest BCUT2D eigenvalue weighted by molar-refractivity contribution is 0.0981. The molecule has 0 radical (unpaired) electrons. The first kappa shape index (κ1) is 22.2. The van der Waals surface area contributed by atoms with E-state index in [-0.39, 0.29) is 22.9 Å². The highest BCUT2D eigenvalue weighted by Crippen LogP contribution is 2.35. The molecule has 1 heterocycles. The van der Waals surface area contributed by atoms with E-state index in [1.807, 2.05) is 62.4 Å². The van der Waals surface area contributed by atoms with Crippen LogP contribution in [0.3, 0.4) is 0 Å². The van der Waals surface area contributed by atoms with Crippen molar-refractivity contribution in [3.05, 3.63) is 95.6 Å². The number of amides is 1. The molecule has 0 fully saturated rings. The number of rotatable bonds is 7. The minimum absolute atomic E-state index is 0.0339. The van der Waals surface area contributed by atoms with Gasteiger partial charge in [-0.05, 0) is 74.6 Å². The topological polar surface area (TPSA) is 66.5 Å². The molecular weight excluding hydrogens is 420 g/mol. The fraction of sp³-hybridized carbons (Fsp3) is 0.269. The zero-order chi connectivity index (χ0) is 22.7. The van der Waals surface area contributed by atoms with E-state index in [9.17, 15) is 13.2 Å². The lowest BCUT2D eigenvalue weighted by Crippen LogP contribution is -2.35. The lowest BCUT2D eigenvalue weighted by Gasteiger charge is -2.23. The molecule has 32 heavy (non-hydrogen) atoms. The van der Waals surface area contributed by atoms with E-state index in [1.165, 1.54) is 5.56 Å². The Morgan fingerprint density at radius 2 is 1.69 bits per heavy atom. The molecule has 1 N–H and O–H groups in total. The van der Waals surface area contributed by atoms with Crippen LogP contribution in [0.5, 0.6) is 0 Å². The summed E-state index contributed by atoms with van der Waals surface area (Å²) in [7, 11) is -3.65. The largest absolute Gasteiger partial charge is 0.305 e. The monoisotopic (exact) mass is 448 g/mol. The Kier molecular flexibility index (Phi) is 6.44. The van der Waals surface area contributed by atoms with Gasteiger partial charge in [0.15, 0.2) is 0 Å². The molecule has 0 saturated heterocycles. The van der Waals surface area contributed by atoms with Crippen molar-refractivity contribution in [2.24, 2.45) is 0 Å². The smallest absolute Gasteiger partial charge is 0.258 e. The van der Waals surface area contributed by atoms with Gasteiger partial charge in [-0.15, -0.1) is 0 Å². The van der Waals surface area contributed by atoms with Gasteiger partial charge in [0, 0.05) is 23.3 Å². The van der Waals surface area contributed by atoms with Gasteiger partial charge in [-0.1, -0.05) is 48.5 Å². The average Bonchev–Trinajstić information content (AvgIpc) is 3.13. The molecule has 0 aromatic heterocycles. The second-order valence-electron chi connectivity index (χ2n) is 8.43. The van der Waals surface area contributed by atoms with Crippen LogP contribution in [0.25, 0.3) is 0 Å².